The van der Waals surface area contributed by atoms with Crippen molar-refractivity contribution in [3.63, 3.8) is 0 Å². The first-order valence-electron chi connectivity index (χ1n) is 6.62. The summed E-state index contributed by atoms with van der Waals surface area (Å²) in [5.41, 5.74) is 0. The first kappa shape index (κ1) is 13.4. The molecule has 1 aromatic rings. The van der Waals surface area contributed by atoms with Gasteiger partial charge in [-0.05, 0) is 54.2 Å². The number of thiophene rings is 1. The summed E-state index contributed by atoms with van der Waals surface area (Å²) in [4.78, 5) is 1.49. The summed E-state index contributed by atoms with van der Waals surface area (Å²) < 4.78 is 0. The van der Waals surface area contributed by atoms with E-state index in [0.29, 0.717) is 12.0 Å². The smallest absolute Gasteiger partial charge is 0.0438 e. The number of hydrogen-bond donors (Lipinski definition) is 1. The highest BCUT2D eigenvalue weighted by Gasteiger charge is 2.19. The maximum absolute atomic E-state index is 3.79. The Hall–Kier alpha value is 0.01000. The van der Waals surface area contributed by atoms with Gasteiger partial charge in [0.1, 0.15) is 0 Å². The number of hydrogen-bond acceptors (Lipinski definition) is 3. The summed E-state index contributed by atoms with van der Waals surface area (Å²) in [6.07, 6.45) is 2.79. The van der Waals surface area contributed by atoms with E-state index in [2.05, 4.69) is 48.4 Å². The van der Waals surface area contributed by atoms with Gasteiger partial charge in [0.2, 0.25) is 0 Å². The van der Waals surface area contributed by atoms with E-state index in [0.717, 1.165) is 5.92 Å². The van der Waals surface area contributed by atoms with E-state index in [4.69, 9.17) is 0 Å². The van der Waals surface area contributed by atoms with Crippen molar-refractivity contribution in [1.82, 2.24) is 5.32 Å². The molecule has 1 fully saturated rings. The lowest BCUT2D eigenvalue weighted by Gasteiger charge is -2.27. The third kappa shape index (κ3) is 4.01. The Bertz CT molecular complexity index is 302. The van der Waals surface area contributed by atoms with Gasteiger partial charge >= 0.3 is 0 Å². The van der Waals surface area contributed by atoms with Crippen LogP contribution in [0.1, 0.15) is 37.6 Å². The van der Waals surface area contributed by atoms with E-state index in [-0.39, 0.29) is 0 Å². The Kier molecular flexibility index (Phi) is 5.39. The standard InChI is InChI=1S/C14H23NS2/c1-11(2)14(13-4-3-7-17-13)15-10-12-5-8-16-9-6-12/h3-4,7,11-12,14-15H,5-6,8-10H2,1-2H3. The topological polar surface area (TPSA) is 12.0 Å². The first-order chi connectivity index (χ1) is 8.27. The largest absolute Gasteiger partial charge is 0.309 e. The van der Waals surface area contributed by atoms with Gasteiger partial charge in [0.25, 0.3) is 0 Å². The van der Waals surface area contributed by atoms with Crippen LogP contribution in [0.5, 0.6) is 0 Å². The molecule has 0 radical (unpaired) electrons. The Morgan fingerprint density at radius 1 is 1.35 bits per heavy atom. The van der Waals surface area contributed by atoms with Gasteiger partial charge < -0.3 is 5.32 Å². The fraction of sp³-hybridized carbons (Fsp3) is 0.714. The predicted molar refractivity (Wildman–Crippen MR) is 79.9 cm³/mol. The van der Waals surface area contributed by atoms with Gasteiger partial charge in [0.15, 0.2) is 0 Å². The van der Waals surface area contributed by atoms with Crippen LogP contribution in [0.25, 0.3) is 0 Å². The van der Waals surface area contributed by atoms with Gasteiger partial charge in [-0.15, -0.1) is 11.3 Å². The maximum Gasteiger partial charge on any atom is 0.0438 e. The minimum absolute atomic E-state index is 0.546. The zero-order chi connectivity index (χ0) is 12.1. The second-order valence-corrected chi connectivity index (χ2v) is 7.41. The number of rotatable bonds is 5. The van der Waals surface area contributed by atoms with Crippen LogP contribution in [0.4, 0.5) is 0 Å². The zero-order valence-corrected chi connectivity index (χ0v) is 12.4. The first-order valence-corrected chi connectivity index (χ1v) is 8.65. The van der Waals surface area contributed by atoms with E-state index in [1.807, 2.05) is 11.3 Å². The van der Waals surface area contributed by atoms with E-state index in [9.17, 15) is 0 Å². The Labute approximate surface area is 113 Å². The average molecular weight is 269 g/mol. The van der Waals surface area contributed by atoms with Crippen LogP contribution in [0.2, 0.25) is 0 Å². The molecule has 1 atom stereocenters. The summed E-state index contributed by atoms with van der Waals surface area (Å²) in [5.74, 6) is 4.29. The van der Waals surface area contributed by atoms with Gasteiger partial charge in [0.05, 0.1) is 0 Å². The lowest BCUT2D eigenvalue weighted by atomic mass is 9.99. The highest BCUT2D eigenvalue weighted by atomic mass is 32.2. The van der Waals surface area contributed by atoms with Crippen molar-refractivity contribution >= 4 is 23.1 Å². The molecule has 2 rings (SSSR count). The van der Waals surface area contributed by atoms with Crippen molar-refractivity contribution in [1.29, 1.82) is 0 Å². The van der Waals surface area contributed by atoms with Crippen LogP contribution in [-0.4, -0.2) is 18.1 Å². The van der Waals surface area contributed by atoms with E-state index >= 15 is 0 Å². The average Bonchev–Trinajstić information content (AvgIpc) is 2.84. The van der Waals surface area contributed by atoms with Crippen LogP contribution in [0.15, 0.2) is 17.5 Å². The molecular weight excluding hydrogens is 246 g/mol. The van der Waals surface area contributed by atoms with Crippen molar-refractivity contribution < 1.29 is 0 Å². The van der Waals surface area contributed by atoms with Gasteiger partial charge in [0, 0.05) is 10.9 Å². The summed E-state index contributed by atoms with van der Waals surface area (Å²) >= 11 is 3.99. The Morgan fingerprint density at radius 3 is 2.71 bits per heavy atom. The van der Waals surface area contributed by atoms with Crippen LogP contribution in [0.3, 0.4) is 0 Å². The molecule has 1 saturated heterocycles. The third-order valence-corrected chi connectivity index (χ3v) is 5.49. The second-order valence-electron chi connectivity index (χ2n) is 5.20. The molecule has 1 nitrogen and oxygen atoms in total. The predicted octanol–water partition coefficient (Wildman–Crippen LogP) is 4.18. The maximum atomic E-state index is 3.79. The van der Waals surface area contributed by atoms with Crippen LogP contribution < -0.4 is 5.32 Å². The molecule has 1 aliphatic heterocycles. The SMILES string of the molecule is CC(C)C(NCC1CCSCC1)c1cccs1. The quantitative estimate of drug-likeness (QED) is 0.860. The molecule has 96 valence electrons. The molecule has 0 aromatic carbocycles. The molecule has 1 aliphatic rings. The van der Waals surface area contributed by atoms with Crippen molar-refractivity contribution in [2.45, 2.75) is 32.7 Å². The molecule has 0 bridgehead atoms. The van der Waals surface area contributed by atoms with Crippen molar-refractivity contribution in [2.75, 3.05) is 18.1 Å². The molecule has 1 unspecified atom stereocenters. The van der Waals surface area contributed by atoms with Gasteiger partial charge in [-0.3, -0.25) is 0 Å². The van der Waals surface area contributed by atoms with Crippen LogP contribution >= 0.6 is 23.1 Å². The molecule has 0 amide bonds. The number of thioether (sulfide) groups is 1. The summed E-state index contributed by atoms with van der Waals surface area (Å²) in [6.45, 7) is 5.82. The van der Waals surface area contributed by atoms with Gasteiger partial charge in [-0.25, -0.2) is 0 Å². The lowest BCUT2D eigenvalue weighted by molar-refractivity contribution is 0.361. The lowest BCUT2D eigenvalue weighted by Crippen LogP contribution is -2.31. The highest BCUT2D eigenvalue weighted by molar-refractivity contribution is 7.99. The van der Waals surface area contributed by atoms with Crippen molar-refractivity contribution in [2.24, 2.45) is 11.8 Å². The fourth-order valence-electron chi connectivity index (χ4n) is 2.38. The highest BCUT2D eigenvalue weighted by Crippen LogP contribution is 2.27. The molecule has 0 spiro atoms. The molecule has 1 N–H and O–H groups in total. The molecule has 1 aromatic heterocycles. The molecule has 0 aliphatic carbocycles. The van der Waals surface area contributed by atoms with E-state index in [1.54, 1.807) is 0 Å². The minimum Gasteiger partial charge on any atom is -0.309 e. The summed E-state index contributed by atoms with van der Waals surface area (Å²) in [6, 6.07) is 4.97. The van der Waals surface area contributed by atoms with Gasteiger partial charge in [-0.1, -0.05) is 19.9 Å². The second kappa shape index (κ2) is 6.81. The number of nitrogens with one attached hydrogen (secondary N) is 1. The van der Waals surface area contributed by atoms with Crippen LogP contribution in [0, 0.1) is 11.8 Å². The van der Waals surface area contributed by atoms with Crippen molar-refractivity contribution in [3.8, 4) is 0 Å². The van der Waals surface area contributed by atoms with Gasteiger partial charge in [-0.2, -0.15) is 11.8 Å². The fourth-order valence-corrected chi connectivity index (χ4v) is 4.55. The molecule has 3 heteroatoms. The van der Waals surface area contributed by atoms with E-state index < -0.39 is 0 Å². The molecular formula is C14H23NS2. The summed E-state index contributed by atoms with van der Waals surface area (Å²) in [7, 11) is 0. The Balaban J connectivity index is 1.85. The summed E-state index contributed by atoms with van der Waals surface area (Å²) in [5, 5.41) is 5.98. The van der Waals surface area contributed by atoms with Crippen molar-refractivity contribution in [3.05, 3.63) is 22.4 Å². The monoisotopic (exact) mass is 269 g/mol. The van der Waals surface area contributed by atoms with Crippen LogP contribution in [-0.2, 0) is 0 Å². The zero-order valence-electron chi connectivity index (χ0n) is 10.8. The van der Waals surface area contributed by atoms with E-state index in [1.165, 1.54) is 35.8 Å². The minimum atomic E-state index is 0.546. The normalized spacial score (nSPS) is 19.7. The molecule has 0 saturated carbocycles. The third-order valence-electron chi connectivity index (χ3n) is 3.48. The Morgan fingerprint density at radius 2 is 2.12 bits per heavy atom. The molecule has 17 heavy (non-hydrogen) atoms. The molecule has 2 heterocycles.